The summed E-state index contributed by atoms with van der Waals surface area (Å²) in [5.41, 5.74) is 5.49. The average molecular weight is 1010 g/mol. The van der Waals surface area contributed by atoms with Crippen LogP contribution in [0.2, 0.25) is 5.02 Å². The van der Waals surface area contributed by atoms with Gasteiger partial charge in [-0.2, -0.15) is 0 Å². The molecule has 2 fully saturated rings. The maximum Gasteiger partial charge on any atom is 0.267 e. The maximum atomic E-state index is 14.1. The van der Waals surface area contributed by atoms with Gasteiger partial charge in [0, 0.05) is 64.6 Å². The van der Waals surface area contributed by atoms with E-state index in [-0.39, 0.29) is 49.6 Å². The van der Waals surface area contributed by atoms with Crippen molar-refractivity contribution in [2.45, 2.75) is 111 Å². The number of anilines is 4. The van der Waals surface area contributed by atoms with Gasteiger partial charge < -0.3 is 41.1 Å². The SMILES string of the molecule is Cc1nc(Nc2ncc(C(=O)Nc3c(C)cccc3Cl)s2)cc(N2CCN(C(=O)CCCCCCC(=O)N[C@H](C(=O)N3C[C@@H](O)C[C@H]3C(=O)NCc3ccc(-c4scnc4C)cc3)C(C)(C)C)CC2)n1. The molecule has 0 saturated carbocycles. The molecule has 5 heterocycles. The number of piperazine rings is 1. The summed E-state index contributed by atoms with van der Waals surface area (Å²) in [6, 6.07) is 13.4. The van der Waals surface area contributed by atoms with Gasteiger partial charge in [-0.05, 0) is 61.8 Å². The Labute approximate surface area is 421 Å². The summed E-state index contributed by atoms with van der Waals surface area (Å²) < 4.78 is 0. The van der Waals surface area contributed by atoms with E-state index >= 15 is 0 Å². The predicted octanol–water partition coefficient (Wildman–Crippen LogP) is 7.43. The number of halogens is 1. The number of carbonyl (C=O) groups excluding carboxylic acids is 5. The van der Waals surface area contributed by atoms with E-state index in [9.17, 15) is 29.1 Å². The molecule has 0 bridgehead atoms. The van der Waals surface area contributed by atoms with E-state index in [1.807, 2.05) is 94.4 Å². The number of aromatic nitrogens is 4. The molecular weight excluding hydrogens is 950 g/mol. The summed E-state index contributed by atoms with van der Waals surface area (Å²) >= 11 is 9.07. The number of unbranched alkanes of at least 4 members (excludes halogenated alkanes) is 3. The minimum atomic E-state index is -0.900. The van der Waals surface area contributed by atoms with Crippen molar-refractivity contribution in [3.8, 4) is 10.4 Å². The van der Waals surface area contributed by atoms with Crippen molar-refractivity contribution < 1.29 is 29.1 Å². The summed E-state index contributed by atoms with van der Waals surface area (Å²) in [5.74, 6) is 0.602. The van der Waals surface area contributed by atoms with Gasteiger partial charge >= 0.3 is 0 Å². The molecule has 5 aromatic rings. The fourth-order valence-corrected chi connectivity index (χ4v) is 10.4. The quantitative estimate of drug-likeness (QED) is 0.0542. The van der Waals surface area contributed by atoms with Gasteiger partial charge in [-0.3, -0.25) is 24.0 Å². The highest BCUT2D eigenvalue weighted by atomic mass is 35.5. The molecule has 0 radical (unpaired) electrons. The van der Waals surface area contributed by atoms with Crippen molar-refractivity contribution in [2.24, 2.45) is 5.41 Å². The van der Waals surface area contributed by atoms with Crippen molar-refractivity contribution in [1.29, 1.82) is 0 Å². The number of nitrogens with one attached hydrogen (secondary N) is 4. The molecule has 5 N–H and O–H groups in total. The van der Waals surface area contributed by atoms with Crippen LogP contribution in [0.3, 0.4) is 0 Å². The fourth-order valence-electron chi connectivity index (χ4n) is 8.56. The Hall–Kier alpha value is -6.02. The molecule has 0 spiro atoms. The third-order valence-electron chi connectivity index (χ3n) is 12.5. The van der Waals surface area contributed by atoms with Crippen molar-refractivity contribution in [3.63, 3.8) is 0 Å². The monoisotopic (exact) mass is 1010 g/mol. The third-order valence-corrected chi connectivity index (χ3v) is 14.7. The summed E-state index contributed by atoms with van der Waals surface area (Å²) in [6.07, 6.45) is 4.21. The number of aliphatic hydroxyl groups excluding tert-OH is 1. The summed E-state index contributed by atoms with van der Waals surface area (Å²) in [4.78, 5) is 91.7. The highest BCUT2D eigenvalue weighted by Crippen LogP contribution is 2.31. The molecule has 3 aromatic heterocycles. The number of aryl methyl sites for hydroxylation is 3. The second-order valence-electron chi connectivity index (χ2n) is 18.9. The highest BCUT2D eigenvalue weighted by Gasteiger charge is 2.44. The largest absolute Gasteiger partial charge is 0.391 e. The van der Waals surface area contributed by atoms with Crippen LogP contribution in [0.4, 0.5) is 22.5 Å². The van der Waals surface area contributed by atoms with Crippen LogP contribution in [-0.4, -0.2) is 115 Å². The lowest BCUT2D eigenvalue weighted by molar-refractivity contribution is -0.144. The van der Waals surface area contributed by atoms with Crippen LogP contribution in [0.25, 0.3) is 10.4 Å². The number of β-amino-alcohol motifs (C(OH)–C–C–N with tert-alkyl or cyclic N) is 1. The average Bonchev–Trinajstić information content (AvgIpc) is 4.09. The Morgan fingerprint density at radius 3 is 2.33 bits per heavy atom. The van der Waals surface area contributed by atoms with E-state index in [2.05, 4.69) is 46.1 Å². The van der Waals surface area contributed by atoms with Crippen molar-refractivity contribution >= 4 is 86.3 Å². The standard InChI is InChI=1S/C50H62ClN11O6S2/c1-30-12-11-13-36(51)43(30)59-47(67)38-27-53-49(70-38)57-39-25-40(56-32(3)55-39)60-20-22-61(23-21-60)42(65)15-10-8-7-9-14-41(64)58-45(50(4,5)6)48(68)62-28-35(63)24-37(62)46(66)52-26-33-16-18-34(19-17-33)44-31(2)54-29-69-44/h11-13,16-19,25,27,29,35,37,45,63H,7-10,14-15,20-24,26,28H2,1-6H3,(H,52,66)(H,58,64)(H,59,67)(H,53,55,56,57)/t35-,37-,45+/m0/s1. The molecule has 17 nitrogen and oxygen atoms in total. The van der Waals surface area contributed by atoms with Crippen LogP contribution >= 0.6 is 34.3 Å². The number of aliphatic hydroxyl groups is 1. The van der Waals surface area contributed by atoms with E-state index in [0.29, 0.717) is 77.8 Å². The molecule has 3 atom stereocenters. The second kappa shape index (κ2) is 23.3. The molecule has 0 unspecified atom stereocenters. The maximum absolute atomic E-state index is 14.1. The smallest absolute Gasteiger partial charge is 0.267 e. The molecule has 372 valence electrons. The molecule has 7 rings (SSSR count). The number of rotatable bonds is 18. The number of likely N-dealkylation sites (tertiary alicyclic amines) is 1. The minimum absolute atomic E-state index is 0.00373. The summed E-state index contributed by atoms with van der Waals surface area (Å²) in [6.45, 7) is 13.8. The Morgan fingerprint density at radius 1 is 0.914 bits per heavy atom. The Bertz CT molecular complexity index is 2640. The predicted molar refractivity (Wildman–Crippen MR) is 274 cm³/mol. The van der Waals surface area contributed by atoms with Gasteiger partial charge in [0.25, 0.3) is 5.91 Å². The zero-order chi connectivity index (χ0) is 50.1. The van der Waals surface area contributed by atoms with Crippen LogP contribution < -0.4 is 26.2 Å². The van der Waals surface area contributed by atoms with Gasteiger partial charge in [0.15, 0.2) is 5.13 Å². The van der Waals surface area contributed by atoms with Crippen molar-refractivity contribution in [3.05, 3.63) is 92.8 Å². The Morgan fingerprint density at radius 2 is 1.64 bits per heavy atom. The van der Waals surface area contributed by atoms with E-state index in [1.165, 1.54) is 22.4 Å². The first-order valence-corrected chi connectivity index (χ1v) is 25.7. The van der Waals surface area contributed by atoms with Gasteiger partial charge in [-0.1, -0.05) is 92.9 Å². The van der Waals surface area contributed by atoms with Gasteiger partial charge in [0.2, 0.25) is 23.6 Å². The Kier molecular flexibility index (Phi) is 17.2. The van der Waals surface area contributed by atoms with E-state index in [0.717, 1.165) is 45.9 Å². The molecule has 5 amide bonds. The molecule has 20 heteroatoms. The number of para-hydroxylation sites is 1. The first-order chi connectivity index (χ1) is 33.4. The van der Waals surface area contributed by atoms with Crippen LogP contribution in [0, 0.1) is 26.2 Å². The zero-order valence-corrected chi connectivity index (χ0v) is 42.9. The first-order valence-electron chi connectivity index (χ1n) is 23.7. The summed E-state index contributed by atoms with van der Waals surface area (Å²) in [5, 5.41) is 23.5. The Balaban J connectivity index is 0.806. The third kappa shape index (κ3) is 13.4. The molecule has 2 aliphatic heterocycles. The first kappa shape index (κ1) is 51.8. The number of amides is 5. The normalized spacial score (nSPS) is 16.5. The van der Waals surface area contributed by atoms with E-state index < -0.39 is 29.5 Å². The van der Waals surface area contributed by atoms with Crippen LogP contribution in [-0.2, 0) is 25.7 Å². The number of nitrogens with zero attached hydrogens (tertiary/aromatic N) is 7. The minimum Gasteiger partial charge on any atom is -0.391 e. The topological polar surface area (TPSA) is 215 Å². The van der Waals surface area contributed by atoms with Gasteiger partial charge in [0.05, 0.1) is 39.1 Å². The van der Waals surface area contributed by atoms with Gasteiger partial charge in [-0.25, -0.2) is 19.9 Å². The molecular formula is C50H62ClN11O6S2. The lowest BCUT2D eigenvalue weighted by atomic mass is 9.85. The van der Waals surface area contributed by atoms with E-state index in [1.54, 1.807) is 17.4 Å². The number of thiazole rings is 2. The van der Waals surface area contributed by atoms with Gasteiger partial charge in [-0.15, -0.1) is 11.3 Å². The van der Waals surface area contributed by atoms with Crippen molar-refractivity contribution in [2.75, 3.05) is 48.3 Å². The fraction of sp³-hybridized carbons (Fsp3) is 0.460. The molecule has 2 saturated heterocycles. The molecule has 2 aromatic carbocycles. The molecule has 0 aliphatic carbocycles. The highest BCUT2D eigenvalue weighted by molar-refractivity contribution is 7.17. The molecule has 70 heavy (non-hydrogen) atoms. The van der Waals surface area contributed by atoms with E-state index in [4.69, 9.17) is 11.6 Å². The number of hydrogen-bond acceptors (Lipinski definition) is 14. The zero-order valence-electron chi connectivity index (χ0n) is 40.5. The number of benzene rings is 2. The lowest BCUT2D eigenvalue weighted by Crippen LogP contribution is -2.57. The van der Waals surface area contributed by atoms with Gasteiger partial charge in [0.1, 0.15) is 34.4 Å². The lowest BCUT2D eigenvalue weighted by Gasteiger charge is -2.35. The number of hydrogen-bond donors (Lipinski definition) is 5. The van der Waals surface area contributed by atoms with Crippen molar-refractivity contribution in [1.82, 2.24) is 40.4 Å². The molecule has 2 aliphatic rings. The number of carbonyl (C=O) groups is 5. The summed E-state index contributed by atoms with van der Waals surface area (Å²) in [7, 11) is 0. The van der Waals surface area contributed by atoms with Crippen LogP contribution in [0.15, 0.2) is 60.2 Å². The second-order valence-corrected chi connectivity index (χ2v) is 21.2. The van der Waals surface area contributed by atoms with Crippen LogP contribution in [0.5, 0.6) is 0 Å². The van der Waals surface area contributed by atoms with Crippen LogP contribution in [0.1, 0.15) is 98.0 Å².